The standard InChI is InChI=1S/C29H24N6O3S2/c30-29-33-21-9-8-17(13-23(21)40-29)14-31-27(37)20-7-4-11-35-25(24(34-26(20)35)19-10-12-39-16-19)28(38)32-15-22(36)18-5-2-1-3-6-18/h1-13,16,22,36H,14-15H2,(H2,30,33)(H,31,37)(H,32,38)/t22-/m0/s1. The van der Waals surface area contributed by atoms with Crippen LogP contribution in [0.5, 0.6) is 0 Å². The van der Waals surface area contributed by atoms with Gasteiger partial charge in [0.2, 0.25) is 0 Å². The van der Waals surface area contributed by atoms with Crippen molar-refractivity contribution in [3.8, 4) is 11.3 Å². The Kier molecular flexibility index (Phi) is 6.99. The zero-order valence-electron chi connectivity index (χ0n) is 21.1. The summed E-state index contributed by atoms with van der Waals surface area (Å²) in [5.74, 6) is -0.721. The number of fused-ring (bicyclic) bond motifs is 2. The van der Waals surface area contributed by atoms with Crippen LogP contribution in [0.2, 0.25) is 0 Å². The van der Waals surface area contributed by atoms with E-state index in [1.807, 2.05) is 53.2 Å². The predicted octanol–water partition coefficient (Wildman–Crippen LogP) is 4.65. The number of thiazole rings is 1. The average molecular weight is 569 g/mol. The molecule has 0 saturated carbocycles. The van der Waals surface area contributed by atoms with E-state index < -0.39 is 12.0 Å². The van der Waals surface area contributed by atoms with Crippen LogP contribution in [-0.4, -0.2) is 37.8 Å². The first-order valence-corrected chi connectivity index (χ1v) is 14.2. The normalized spacial score (nSPS) is 12.0. The number of carbonyl (C=O) groups excluding carboxylic acids is 2. The molecule has 2 aromatic carbocycles. The largest absolute Gasteiger partial charge is 0.387 e. The van der Waals surface area contributed by atoms with E-state index in [2.05, 4.69) is 15.6 Å². The smallest absolute Gasteiger partial charge is 0.270 e. The Labute approximate surface area is 237 Å². The second-order valence-corrected chi connectivity index (χ2v) is 11.0. The second-order valence-electron chi connectivity index (χ2n) is 9.11. The van der Waals surface area contributed by atoms with Crippen molar-refractivity contribution < 1.29 is 14.7 Å². The highest BCUT2D eigenvalue weighted by molar-refractivity contribution is 7.22. The van der Waals surface area contributed by atoms with Crippen LogP contribution in [0.4, 0.5) is 5.13 Å². The molecule has 0 aliphatic rings. The van der Waals surface area contributed by atoms with Gasteiger partial charge in [0.05, 0.1) is 21.9 Å². The molecule has 200 valence electrons. The van der Waals surface area contributed by atoms with Gasteiger partial charge in [0.25, 0.3) is 11.8 Å². The fourth-order valence-electron chi connectivity index (χ4n) is 4.50. The van der Waals surface area contributed by atoms with Crippen LogP contribution in [0.1, 0.15) is 38.1 Å². The van der Waals surface area contributed by atoms with Crippen molar-refractivity contribution in [2.75, 3.05) is 12.3 Å². The molecule has 4 aromatic heterocycles. The summed E-state index contributed by atoms with van der Waals surface area (Å²) in [4.78, 5) is 35.8. The number of benzene rings is 2. The summed E-state index contributed by atoms with van der Waals surface area (Å²) < 4.78 is 2.58. The number of nitrogens with two attached hydrogens (primary N) is 1. The molecule has 0 aliphatic heterocycles. The van der Waals surface area contributed by atoms with Gasteiger partial charge in [0, 0.05) is 30.2 Å². The molecule has 0 spiro atoms. The Bertz CT molecular complexity index is 1830. The van der Waals surface area contributed by atoms with Gasteiger partial charge in [-0.25, -0.2) is 9.97 Å². The molecule has 6 aromatic rings. The number of aliphatic hydroxyl groups is 1. The van der Waals surface area contributed by atoms with Crippen LogP contribution >= 0.6 is 22.7 Å². The van der Waals surface area contributed by atoms with Crippen molar-refractivity contribution >= 4 is 55.5 Å². The maximum Gasteiger partial charge on any atom is 0.270 e. The Hall–Kier alpha value is -4.58. The zero-order valence-corrected chi connectivity index (χ0v) is 22.7. The Balaban J connectivity index is 1.28. The van der Waals surface area contributed by atoms with Crippen molar-refractivity contribution in [2.45, 2.75) is 12.6 Å². The highest BCUT2D eigenvalue weighted by Gasteiger charge is 2.24. The van der Waals surface area contributed by atoms with Crippen molar-refractivity contribution in [2.24, 2.45) is 0 Å². The van der Waals surface area contributed by atoms with Crippen molar-refractivity contribution in [3.63, 3.8) is 0 Å². The number of aliphatic hydroxyl groups excluding tert-OH is 1. The van der Waals surface area contributed by atoms with E-state index in [0.717, 1.165) is 21.3 Å². The van der Waals surface area contributed by atoms with Gasteiger partial charge < -0.3 is 21.5 Å². The molecular formula is C29H24N6O3S2. The molecule has 0 bridgehead atoms. The van der Waals surface area contributed by atoms with Crippen LogP contribution in [0.15, 0.2) is 83.7 Å². The van der Waals surface area contributed by atoms with E-state index in [1.165, 1.54) is 22.7 Å². The second kappa shape index (κ2) is 10.9. The number of pyridine rings is 1. The van der Waals surface area contributed by atoms with E-state index in [0.29, 0.717) is 34.1 Å². The molecule has 6 rings (SSSR count). The summed E-state index contributed by atoms with van der Waals surface area (Å²) in [6, 6.07) is 20.2. The van der Waals surface area contributed by atoms with Crippen LogP contribution < -0.4 is 16.4 Å². The number of rotatable bonds is 8. The molecular weight excluding hydrogens is 544 g/mol. The number of amides is 2. The molecule has 11 heteroatoms. The molecule has 0 fully saturated rings. The van der Waals surface area contributed by atoms with Gasteiger partial charge in [-0.2, -0.15) is 11.3 Å². The lowest BCUT2D eigenvalue weighted by Gasteiger charge is -2.13. The van der Waals surface area contributed by atoms with Gasteiger partial charge in [-0.15, -0.1) is 0 Å². The van der Waals surface area contributed by atoms with Crippen LogP contribution in [0.25, 0.3) is 27.1 Å². The first kappa shape index (κ1) is 25.7. The van der Waals surface area contributed by atoms with Crippen molar-refractivity contribution in [1.82, 2.24) is 25.0 Å². The summed E-state index contributed by atoms with van der Waals surface area (Å²) in [7, 11) is 0. The molecule has 9 nitrogen and oxygen atoms in total. The monoisotopic (exact) mass is 568 g/mol. The molecule has 1 atom stereocenters. The molecule has 0 aliphatic carbocycles. The molecule has 40 heavy (non-hydrogen) atoms. The van der Waals surface area contributed by atoms with Gasteiger partial charge in [0.15, 0.2) is 10.8 Å². The fourth-order valence-corrected chi connectivity index (χ4v) is 5.94. The van der Waals surface area contributed by atoms with Crippen LogP contribution in [-0.2, 0) is 6.54 Å². The lowest BCUT2D eigenvalue weighted by molar-refractivity contribution is 0.0909. The lowest BCUT2D eigenvalue weighted by atomic mass is 10.1. The summed E-state index contributed by atoms with van der Waals surface area (Å²) in [6.45, 7) is 0.325. The van der Waals surface area contributed by atoms with Gasteiger partial charge >= 0.3 is 0 Å². The zero-order chi connectivity index (χ0) is 27.6. The van der Waals surface area contributed by atoms with Gasteiger partial charge in [-0.05, 0) is 46.8 Å². The number of hydrogen-bond donors (Lipinski definition) is 4. The third kappa shape index (κ3) is 5.05. The SMILES string of the molecule is Nc1nc2ccc(CNC(=O)c3cccn4c(C(=O)NC[C@H](O)c5ccccc5)c(-c5ccsc5)nc34)cc2s1. The average Bonchev–Trinajstić information content (AvgIpc) is 3.72. The minimum atomic E-state index is -0.865. The summed E-state index contributed by atoms with van der Waals surface area (Å²) in [6.07, 6.45) is 0.843. The number of aromatic nitrogens is 3. The molecule has 4 heterocycles. The molecule has 0 radical (unpaired) electrons. The summed E-state index contributed by atoms with van der Waals surface area (Å²) >= 11 is 2.88. The van der Waals surface area contributed by atoms with Gasteiger partial charge in [0.1, 0.15) is 11.4 Å². The number of nitrogen functional groups attached to an aromatic ring is 1. The number of nitrogens with zero attached hydrogens (tertiary/aromatic N) is 3. The van der Waals surface area contributed by atoms with Gasteiger partial charge in [-0.3, -0.25) is 14.0 Å². The quantitative estimate of drug-likeness (QED) is 0.211. The van der Waals surface area contributed by atoms with Crippen molar-refractivity contribution in [3.05, 3.63) is 106 Å². The topological polar surface area (TPSA) is 135 Å². The number of imidazole rings is 1. The number of anilines is 1. The van der Waals surface area contributed by atoms with Crippen LogP contribution in [0.3, 0.4) is 0 Å². The van der Waals surface area contributed by atoms with E-state index in [4.69, 9.17) is 10.7 Å². The van der Waals surface area contributed by atoms with E-state index in [-0.39, 0.29) is 18.1 Å². The van der Waals surface area contributed by atoms with E-state index in [1.54, 1.807) is 34.9 Å². The highest BCUT2D eigenvalue weighted by atomic mass is 32.1. The molecule has 2 amide bonds. The fraction of sp³-hybridized carbons (Fsp3) is 0.103. The summed E-state index contributed by atoms with van der Waals surface area (Å²) in [5.41, 5.74) is 10.5. The lowest BCUT2D eigenvalue weighted by Crippen LogP contribution is -2.30. The van der Waals surface area contributed by atoms with Crippen molar-refractivity contribution in [1.29, 1.82) is 0 Å². The predicted molar refractivity (Wildman–Crippen MR) is 157 cm³/mol. The molecule has 0 saturated heterocycles. The number of thiophene rings is 1. The molecule has 0 unspecified atom stereocenters. The Morgan fingerprint density at radius 1 is 1.00 bits per heavy atom. The first-order chi connectivity index (χ1) is 19.5. The Morgan fingerprint density at radius 2 is 1.85 bits per heavy atom. The molecule has 5 N–H and O–H groups in total. The first-order valence-electron chi connectivity index (χ1n) is 12.5. The minimum Gasteiger partial charge on any atom is -0.387 e. The highest BCUT2D eigenvalue weighted by Crippen LogP contribution is 2.28. The maximum atomic E-state index is 13.5. The van der Waals surface area contributed by atoms with Gasteiger partial charge in [-0.1, -0.05) is 47.7 Å². The Morgan fingerprint density at radius 3 is 2.65 bits per heavy atom. The number of nitrogens with one attached hydrogen (secondary N) is 2. The number of carbonyl (C=O) groups is 2. The van der Waals surface area contributed by atoms with E-state index >= 15 is 0 Å². The minimum absolute atomic E-state index is 0.0229. The maximum absolute atomic E-state index is 13.5. The van der Waals surface area contributed by atoms with E-state index in [9.17, 15) is 14.7 Å². The number of hydrogen-bond acceptors (Lipinski definition) is 8. The van der Waals surface area contributed by atoms with Crippen LogP contribution in [0, 0.1) is 0 Å². The third-order valence-electron chi connectivity index (χ3n) is 6.47. The summed E-state index contributed by atoms with van der Waals surface area (Å²) in [5, 5.41) is 20.7. The third-order valence-corrected chi connectivity index (χ3v) is 8.00.